The number of fused-ring (bicyclic) bond motifs is 3. The van der Waals surface area contributed by atoms with Gasteiger partial charge in [-0.2, -0.15) is 0 Å². The van der Waals surface area contributed by atoms with Crippen LogP contribution < -0.4 is 10.6 Å². The monoisotopic (exact) mass is 442 g/mol. The molecule has 4 nitrogen and oxygen atoms in total. The lowest BCUT2D eigenvalue weighted by molar-refractivity contribution is 0.179. The molecule has 3 heterocycles. The lowest BCUT2D eigenvalue weighted by Crippen LogP contribution is -2.43. The van der Waals surface area contributed by atoms with Gasteiger partial charge in [0.2, 0.25) is 0 Å². The molecule has 0 unspecified atom stereocenters. The van der Waals surface area contributed by atoms with Crippen LogP contribution in [0.1, 0.15) is 47.1 Å². The minimum absolute atomic E-state index is 0.128. The van der Waals surface area contributed by atoms with Gasteiger partial charge in [0.25, 0.3) is 0 Å². The van der Waals surface area contributed by atoms with Crippen LogP contribution in [-0.2, 0) is 24.8 Å². The standard InChI is InChI=1S/C29H38N4/c1-21-7-10-28-27(18-21)29(22(2)31-28)12-16-32(17-13-29)14-5-6-24-8-9-26-20-33(23(3)30-4)15-11-25(26)19-24/h7-10,18-19,30-31H,2-3,5-6,11-17,20H2,1,4H3. The predicted molar refractivity (Wildman–Crippen MR) is 138 cm³/mol. The summed E-state index contributed by atoms with van der Waals surface area (Å²) in [5, 5.41) is 6.76. The van der Waals surface area contributed by atoms with Crippen LogP contribution in [0.5, 0.6) is 0 Å². The van der Waals surface area contributed by atoms with E-state index in [0.717, 1.165) is 44.8 Å². The number of rotatable bonds is 6. The van der Waals surface area contributed by atoms with Gasteiger partial charge in [0.15, 0.2) is 0 Å². The number of hydrogen-bond donors (Lipinski definition) is 2. The van der Waals surface area contributed by atoms with Crippen molar-refractivity contribution in [2.75, 3.05) is 38.5 Å². The van der Waals surface area contributed by atoms with Crippen molar-refractivity contribution >= 4 is 5.69 Å². The molecule has 0 aliphatic carbocycles. The Morgan fingerprint density at radius 3 is 2.70 bits per heavy atom. The van der Waals surface area contributed by atoms with E-state index in [-0.39, 0.29) is 5.41 Å². The van der Waals surface area contributed by atoms with Crippen molar-refractivity contribution in [1.29, 1.82) is 0 Å². The number of hydrogen-bond acceptors (Lipinski definition) is 4. The van der Waals surface area contributed by atoms with E-state index in [9.17, 15) is 0 Å². The van der Waals surface area contributed by atoms with Gasteiger partial charge in [-0.05, 0) is 87.0 Å². The van der Waals surface area contributed by atoms with Crippen LogP contribution >= 0.6 is 0 Å². The first-order valence-corrected chi connectivity index (χ1v) is 12.5. The van der Waals surface area contributed by atoms with E-state index in [0.29, 0.717) is 0 Å². The zero-order valence-electron chi connectivity index (χ0n) is 20.3. The van der Waals surface area contributed by atoms with Crippen molar-refractivity contribution in [2.45, 2.75) is 51.0 Å². The molecule has 1 saturated heterocycles. The smallest absolute Gasteiger partial charge is 0.0939 e. The third-order valence-electron chi connectivity index (χ3n) is 8.16. The molecule has 1 spiro atoms. The van der Waals surface area contributed by atoms with E-state index < -0.39 is 0 Å². The average molecular weight is 443 g/mol. The van der Waals surface area contributed by atoms with E-state index in [1.807, 2.05) is 7.05 Å². The van der Waals surface area contributed by atoms with Gasteiger partial charge in [0, 0.05) is 36.9 Å². The Morgan fingerprint density at radius 1 is 1.09 bits per heavy atom. The fourth-order valence-corrected chi connectivity index (χ4v) is 5.99. The van der Waals surface area contributed by atoms with Gasteiger partial charge in [-0.15, -0.1) is 0 Å². The molecule has 4 heteroatoms. The van der Waals surface area contributed by atoms with Crippen LogP contribution in [0.15, 0.2) is 61.1 Å². The molecule has 3 aliphatic heterocycles. The van der Waals surface area contributed by atoms with Gasteiger partial charge in [0.1, 0.15) is 0 Å². The summed E-state index contributed by atoms with van der Waals surface area (Å²) < 4.78 is 0. The fraction of sp³-hybridized carbons (Fsp3) is 0.448. The van der Waals surface area contributed by atoms with Crippen LogP contribution in [0.2, 0.25) is 0 Å². The van der Waals surface area contributed by atoms with Gasteiger partial charge >= 0.3 is 0 Å². The summed E-state index contributed by atoms with van der Waals surface area (Å²) in [4.78, 5) is 4.99. The molecule has 5 rings (SSSR count). The molecular formula is C29H38N4. The molecule has 0 aromatic heterocycles. The molecule has 0 bridgehead atoms. The second-order valence-corrected chi connectivity index (χ2v) is 10.2. The number of likely N-dealkylation sites (tertiary alicyclic amines) is 1. The van der Waals surface area contributed by atoms with Crippen LogP contribution in [0.4, 0.5) is 5.69 Å². The molecule has 33 heavy (non-hydrogen) atoms. The van der Waals surface area contributed by atoms with Gasteiger partial charge < -0.3 is 20.4 Å². The highest BCUT2D eigenvalue weighted by Crippen LogP contribution is 2.49. The number of nitrogens with zero attached hydrogens (tertiary/aromatic N) is 2. The molecule has 2 N–H and O–H groups in total. The SMILES string of the molecule is C=C(NC)N1CCc2cc(CCCN3CCC4(CC3)C(=C)Nc3ccc(C)cc34)ccc2C1. The summed E-state index contributed by atoms with van der Waals surface area (Å²) in [6.45, 7) is 16.2. The molecule has 2 aromatic carbocycles. The van der Waals surface area contributed by atoms with E-state index in [2.05, 4.69) is 76.9 Å². The Bertz CT molecular complexity index is 1060. The summed E-state index contributed by atoms with van der Waals surface area (Å²) in [7, 11) is 1.95. The molecule has 0 radical (unpaired) electrons. The first-order valence-electron chi connectivity index (χ1n) is 12.5. The maximum absolute atomic E-state index is 4.42. The minimum Gasteiger partial charge on any atom is -0.375 e. The highest BCUT2D eigenvalue weighted by molar-refractivity contribution is 5.68. The number of anilines is 1. The quantitative estimate of drug-likeness (QED) is 0.663. The van der Waals surface area contributed by atoms with Crippen LogP contribution in [0.25, 0.3) is 0 Å². The van der Waals surface area contributed by atoms with Gasteiger partial charge in [-0.25, -0.2) is 0 Å². The van der Waals surface area contributed by atoms with Crippen molar-refractivity contribution in [2.24, 2.45) is 0 Å². The highest BCUT2D eigenvalue weighted by atomic mass is 15.2. The largest absolute Gasteiger partial charge is 0.375 e. The van der Waals surface area contributed by atoms with Crippen molar-refractivity contribution in [3.8, 4) is 0 Å². The molecule has 1 fully saturated rings. The van der Waals surface area contributed by atoms with Crippen molar-refractivity contribution in [3.05, 3.63) is 88.9 Å². The Balaban J connectivity index is 1.14. The summed E-state index contributed by atoms with van der Waals surface area (Å²) in [6, 6.07) is 13.9. The summed E-state index contributed by atoms with van der Waals surface area (Å²) in [5.41, 5.74) is 9.87. The van der Waals surface area contributed by atoms with Crippen LogP contribution in [-0.4, -0.2) is 43.0 Å². The second-order valence-electron chi connectivity index (χ2n) is 10.2. The molecule has 2 aromatic rings. The lowest BCUT2D eigenvalue weighted by atomic mass is 9.72. The van der Waals surface area contributed by atoms with Gasteiger partial charge in [-0.1, -0.05) is 49.1 Å². The zero-order valence-corrected chi connectivity index (χ0v) is 20.3. The topological polar surface area (TPSA) is 30.5 Å². The van der Waals surface area contributed by atoms with Crippen molar-refractivity contribution < 1.29 is 0 Å². The Kier molecular flexibility index (Phi) is 5.96. The van der Waals surface area contributed by atoms with Crippen LogP contribution in [0.3, 0.4) is 0 Å². The minimum atomic E-state index is 0.128. The van der Waals surface area contributed by atoms with Gasteiger partial charge in [-0.3, -0.25) is 0 Å². The normalized spacial score (nSPS) is 19.2. The number of aryl methyl sites for hydroxylation is 2. The number of allylic oxidation sites excluding steroid dienone is 1. The molecule has 0 atom stereocenters. The number of benzene rings is 2. The average Bonchev–Trinajstić information content (AvgIpc) is 3.10. The predicted octanol–water partition coefficient (Wildman–Crippen LogP) is 4.95. The molecular weight excluding hydrogens is 404 g/mol. The summed E-state index contributed by atoms with van der Waals surface area (Å²) in [5.74, 6) is 1.02. The highest BCUT2D eigenvalue weighted by Gasteiger charge is 2.44. The molecule has 0 amide bonds. The van der Waals surface area contributed by atoms with Crippen molar-refractivity contribution in [1.82, 2.24) is 15.1 Å². The Hall–Kier alpha value is -2.72. The first-order chi connectivity index (χ1) is 16.0. The Morgan fingerprint density at radius 2 is 1.91 bits per heavy atom. The maximum atomic E-state index is 4.42. The van der Waals surface area contributed by atoms with Gasteiger partial charge in [0.05, 0.1) is 5.82 Å². The fourth-order valence-electron chi connectivity index (χ4n) is 5.99. The Labute approximate surface area is 199 Å². The third-order valence-corrected chi connectivity index (χ3v) is 8.16. The molecule has 174 valence electrons. The summed E-state index contributed by atoms with van der Waals surface area (Å²) in [6.07, 6.45) is 5.84. The first kappa shape index (κ1) is 22.1. The van der Waals surface area contributed by atoms with Crippen LogP contribution in [0, 0.1) is 6.92 Å². The molecule has 0 saturated carbocycles. The molecule has 3 aliphatic rings. The number of piperidine rings is 1. The van der Waals surface area contributed by atoms with E-state index in [1.54, 1.807) is 0 Å². The summed E-state index contributed by atoms with van der Waals surface area (Å²) >= 11 is 0. The van der Waals surface area contributed by atoms with Crippen molar-refractivity contribution in [3.63, 3.8) is 0 Å². The number of nitrogens with one attached hydrogen (secondary N) is 2. The maximum Gasteiger partial charge on any atom is 0.0939 e. The zero-order chi connectivity index (χ0) is 23.0. The van der Waals surface area contributed by atoms with E-state index >= 15 is 0 Å². The van der Waals surface area contributed by atoms with E-state index in [1.165, 1.54) is 65.0 Å². The lowest BCUT2D eigenvalue weighted by Gasteiger charge is -2.40. The van der Waals surface area contributed by atoms with E-state index in [4.69, 9.17) is 0 Å². The third kappa shape index (κ3) is 4.17. The second kappa shape index (κ2) is 8.90.